The highest BCUT2D eigenvalue weighted by Crippen LogP contribution is 2.36. The summed E-state index contributed by atoms with van der Waals surface area (Å²) in [7, 11) is -2.46. The average Bonchev–Trinajstić information content (AvgIpc) is 2.83. The highest BCUT2D eigenvalue weighted by molar-refractivity contribution is 7.89. The van der Waals surface area contributed by atoms with Crippen molar-refractivity contribution >= 4 is 27.6 Å². The van der Waals surface area contributed by atoms with Gasteiger partial charge in [0, 0.05) is 13.1 Å². The highest BCUT2D eigenvalue weighted by Gasteiger charge is 2.40. The van der Waals surface area contributed by atoms with E-state index in [0.717, 1.165) is 5.56 Å². The normalized spacial score (nSPS) is 21.1. The summed E-state index contributed by atoms with van der Waals surface area (Å²) in [6, 6.07) is 12.4. The number of carbonyl (C=O) groups is 2. The standard InChI is InChI=1S/C24H28N2O6S/c1-16-10-11-17(2)22(13-16)33(29,30)25-12-6-7-18(14-25)23(27)26-15-21(24(28)31-3)32-20-9-5-4-8-19(20)26/h4-5,8-11,13,18,21H,6-7,12,14-15H2,1-3H3. The van der Waals surface area contributed by atoms with E-state index in [1.54, 1.807) is 43.3 Å². The van der Waals surface area contributed by atoms with Gasteiger partial charge in [0.1, 0.15) is 5.75 Å². The van der Waals surface area contributed by atoms with E-state index in [0.29, 0.717) is 36.4 Å². The van der Waals surface area contributed by atoms with Crippen LogP contribution >= 0.6 is 0 Å². The van der Waals surface area contributed by atoms with E-state index in [4.69, 9.17) is 9.47 Å². The number of sulfonamides is 1. The average molecular weight is 473 g/mol. The molecule has 2 aliphatic rings. The number of fused-ring (bicyclic) bond motifs is 1. The summed E-state index contributed by atoms with van der Waals surface area (Å²) in [5.74, 6) is -0.892. The predicted octanol–water partition coefficient (Wildman–Crippen LogP) is 2.67. The van der Waals surface area contributed by atoms with Crippen LogP contribution in [0.4, 0.5) is 5.69 Å². The summed E-state index contributed by atoms with van der Waals surface area (Å²) in [6.07, 6.45) is 0.208. The smallest absolute Gasteiger partial charge is 0.348 e. The molecule has 0 aliphatic carbocycles. The number of anilines is 1. The van der Waals surface area contributed by atoms with E-state index in [9.17, 15) is 18.0 Å². The zero-order valence-corrected chi connectivity index (χ0v) is 19.8. The molecule has 9 heteroatoms. The molecule has 2 aromatic carbocycles. The van der Waals surface area contributed by atoms with Crippen molar-refractivity contribution < 1.29 is 27.5 Å². The monoisotopic (exact) mass is 472 g/mol. The van der Waals surface area contributed by atoms with E-state index in [1.165, 1.54) is 16.3 Å². The molecule has 2 heterocycles. The van der Waals surface area contributed by atoms with Crippen molar-refractivity contribution in [3.8, 4) is 5.75 Å². The minimum atomic E-state index is -3.74. The van der Waals surface area contributed by atoms with Crippen molar-refractivity contribution in [2.24, 2.45) is 5.92 Å². The Kier molecular flexibility index (Phi) is 6.45. The number of benzene rings is 2. The van der Waals surface area contributed by atoms with Gasteiger partial charge < -0.3 is 14.4 Å². The highest BCUT2D eigenvalue weighted by atomic mass is 32.2. The van der Waals surface area contributed by atoms with Gasteiger partial charge in [-0.15, -0.1) is 0 Å². The number of carbonyl (C=O) groups excluding carboxylic acids is 2. The van der Waals surface area contributed by atoms with Crippen LogP contribution in [-0.2, 0) is 24.3 Å². The third-order valence-electron chi connectivity index (χ3n) is 6.20. The molecule has 2 unspecified atom stereocenters. The molecular formula is C24H28N2O6S. The molecule has 0 bridgehead atoms. The second-order valence-corrected chi connectivity index (χ2v) is 10.4. The van der Waals surface area contributed by atoms with Crippen LogP contribution in [0, 0.1) is 19.8 Å². The van der Waals surface area contributed by atoms with Gasteiger partial charge in [0.2, 0.25) is 22.0 Å². The number of amides is 1. The van der Waals surface area contributed by atoms with Gasteiger partial charge in [0.15, 0.2) is 0 Å². The number of aryl methyl sites for hydroxylation is 2. The summed E-state index contributed by atoms with van der Waals surface area (Å²) >= 11 is 0. The molecule has 1 fully saturated rings. The molecule has 0 aromatic heterocycles. The summed E-state index contributed by atoms with van der Waals surface area (Å²) in [4.78, 5) is 27.6. The Labute approximate surface area is 194 Å². The SMILES string of the molecule is COC(=O)C1CN(C(=O)C2CCCN(S(=O)(=O)c3cc(C)ccc3C)C2)c2ccccc2O1. The zero-order valence-electron chi connectivity index (χ0n) is 19.0. The number of hydrogen-bond acceptors (Lipinski definition) is 6. The molecule has 2 aliphatic heterocycles. The van der Waals surface area contributed by atoms with Gasteiger partial charge in [-0.05, 0) is 56.0 Å². The first kappa shape index (κ1) is 23.3. The summed E-state index contributed by atoms with van der Waals surface area (Å²) in [5.41, 5.74) is 2.11. The van der Waals surface area contributed by atoms with Gasteiger partial charge in [-0.25, -0.2) is 13.2 Å². The Balaban J connectivity index is 1.60. The third kappa shape index (κ3) is 4.47. The maximum absolute atomic E-state index is 13.6. The molecular weight excluding hydrogens is 444 g/mol. The molecule has 2 aromatic rings. The van der Waals surface area contributed by atoms with Crippen molar-refractivity contribution in [1.82, 2.24) is 4.31 Å². The molecule has 2 atom stereocenters. The number of ether oxygens (including phenoxy) is 2. The Morgan fingerprint density at radius 2 is 1.85 bits per heavy atom. The largest absolute Gasteiger partial charge is 0.475 e. The van der Waals surface area contributed by atoms with E-state index in [-0.39, 0.29) is 23.9 Å². The number of esters is 1. The number of piperidine rings is 1. The first-order valence-corrected chi connectivity index (χ1v) is 12.4. The van der Waals surface area contributed by atoms with Crippen molar-refractivity contribution in [1.29, 1.82) is 0 Å². The maximum Gasteiger partial charge on any atom is 0.348 e. The van der Waals surface area contributed by atoms with Gasteiger partial charge in [-0.3, -0.25) is 4.79 Å². The molecule has 0 saturated carbocycles. The lowest BCUT2D eigenvalue weighted by Crippen LogP contribution is -2.52. The zero-order chi connectivity index (χ0) is 23.8. The molecule has 0 radical (unpaired) electrons. The van der Waals surface area contributed by atoms with Gasteiger partial charge in [0.05, 0.1) is 30.2 Å². The number of methoxy groups -OCH3 is 1. The Morgan fingerprint density at radius 3 is 2.61 bits per heavy atom. The van der Waals surface area contributed by atoms with Gasteiger partial charge >= 0.3 is 5.97 Å². The van der Waals surface area contributed by atoms with E-state index < -0.39 is 28.0 Å². The van der Waals surface area contributed by atoms with E-state index in [1.807, 2.05) is 13.0 Å². The number of para-hydroxylation sites is 2. The first-order chi connectivity index (χ1) is 15.7. The summed E-state index contributed by atoms with van der Waals surface area (Å²) in [5, 5.41) is 0. The Morgan fingerprint density at radius 1 is 1.09 bits per heavy atom. The van der Waals surface area contributed by atoms with Crippen molar-refractivity contribution in [3.63, 3.8) is 0 Å². The van der Waals surface area contributed by atoms with Gasteiger partial charge in [-0.1, -0.05) is 24.3 Å². The minimum absolute atomic E-state index is 0.0166. The number of nitrogens with zero attached hydrogens (tertiary/aromatic N) is 2. The molecule has 33 heavy (non-hydrogen) atoms. The molecule has 176 valence electrons. The summed E-state index contributed by atoms with van der Waals surface area (Å²) < 4.78 is 38.8. The van der Waals surface area contributed by atoms with Crippen LogP contribution in [-0.4, -0.2) is 57.4 Å². The lowest BCUT2D eigenvalue weighted by molar-refractivity contribution is -0.148. The van der Waals surface area contributed by atoms with Crippen LogP contribution in [0.15, 0.2) is 47.4 Å². The second kappa shape index (κ2) is 9.15. The predicted molar refractivity (Wildman–Crippen MR) is 123 cm³/mol. The Hall–Kier alpha value is -2.91. The molecule has 0 N–H and O–H groups in total. The van der Waals surface area contributed by atoms with Crippen molar-refractivity contribution in [2.75, 3.05) is 31.6 Å². The molecule has 0 spiro atoms. The lowest BCUT2D eigenvalue weighted by Gasteiger charge is -2.38. The first-order valence-electron chi connectivity index (χ1n) is 10.9. The fourth-order valence-electron chi connectivity index (χ4n) is 4.40. The van der Waals surface area contributed by atoms with E-state index in [2.05, 4.69) is 0 Å². The van der Waals surface area contributed by atoms with Crippen molar-refractivity contribution in [3.05, 3.63) is 53.6 Å². The number of hydrogen-bond donors (Lipinski definition) is 0. The molecule has 1 saturated heterocycles. The van der Waals surface area contributed by atoms with Gasteiger partial charge in [-0.2, -0.15) is 4.31 Å². The van der Waals surface area contributed by atoms with Crippen molar-refractivity contribution in [2.45, 2.75) is 37.7 Å². The van der Waals surface area contributed by atoms with Crippen LogP contribution in [0.2, 0.25) is 0 Å². The van der Waals surface area contributed by atoms with Gasteiger partial charge in [0.25, 0.3) is 0 Å². The maximum atomic E-state index is 13.6. The van der Waals surface area contributed by atoms with Crippen LogP contribution in [0.5, 0.6) is 5.75 Å². The Bertz CT molecular complexity index is 1180. The second-order valence-electron chi connectivity index (χ2n) is 8.52. The molecule has 4 rings (SSSR count). The quantitative estimate of drug-likeness (QED) is 0.636. The van der Waals surface area contributed by atoms with E-state index >= 15 is 0 Å². The van der Waals surface area contributed by atoms with Crippen LogP contribution in [0.25, 0.3) is 0 Å². The third-order valence-corrected chi connectivity index (χ3v) is 8.21. The summed E-state index contributed by atoms with van der Waals surface area (Å²) in [6.45, 7) is 4.11. The fourth-order valence-corrected chi connectivity index (χ4v) is 6.24. The molecule has 1 amide bonds. The van der Waals surface area contributed by atoms with Crippen LogP contribution in [0.1, 0.15) is 24.0 Å². The fraction of sp³-hybridized carbons (Fsp3) is 0.417. The minimum Gasteiger partial charge on any atom is -0.475 e. The van der Waals surface area contributed by atoms with Crippen LogP contribution < -0.4 is 9.64 Å². The lowest BCUT2D eigenvalue weighted by atomic mass is 9.97. The molecule has 8 nitrogen and oxygen atoms in total. The topological polar surface area (TPSA) is 93.2 Å². The number of rotatable bonds is 4. The van der Waals surface area contributed by atoms with Crippen LogP contribution in [0.3, 0.4) is 0 Å².